The van der Waals surface area contributed by atoms with E-state index in [4.69, 9.17) is 37.9 Å². The molecule has 0 bridgehead atoms. The highest BCUT2D eigenvalue weighted by atomic mass is 16.8. The molecule has 0 aliphatic carbocycles. The molecule has 0 amide bonds. The van der Waals surface area contributed by atoms with Gasteiger partial charge in [0.2, 0.25) is 0 Å². The molecule has 0 radical (unpaired) electrons. The van der Waals surface area contributed by atoms with Gasteiger partial charge in [-0.1, -0.05) is 0 Å². The summed E-state index contributed by atoms with van der Waals surface area (Å²) in [5.74, 6) is -9.28. The van der Waals surface area contributed by atoms with Crippen LogP contribution < -0.4 is 0 Å². The lowest BCUT2D eigenvalue weighted by Gasteiger charge is -2.47. The molecular weight excluding hydrogens is 504 g/mol. The molecule has 15 nitrogen and oxygen atoms in total. The standard InChI is InChI=1S/C22H30O15/c1-10(23)31-9-17(33-12(3)25)19(35-14(5)27)20-18(34-13(4)26)16(32-11(2)24)8-22(37-20,21(29)30-7)36-15(6)28/h16-20H,8-9H2,1-7H3/t16-,17+,18+,19-,20+,22-/m1/s1. The van der Waals surface area contributed by atoms with Gasteiger partial charge in [0.1, 0.15) is 18.8 Å². The van der Waals surface area contributed by atoms with Gasteiger partial charge in [-0.3, -0.25) is 28.8 Å². The zero-order chi connectivity index (χ0) is 28.5. The molecule has 0 aromatic heterocycles. The Morgan fingerprint density at radius 1 is 0.784 bits per heavy atom. The average Bonchev–Trinajstić information content (AvgIpc) is 2.74. The minimum absolute atomic E-state index is 0.670. The molecule has 208 valence electrons. The van der Waals surface area contributed by atoms with Gasteiger partial charge in [0, 0.05) is 41.5 Å². The number of carbonyl (C=O) groups is 7. The van der Waals surface area contributed by atoms with E-state index >= 15 is 0 Å². The second kappa shape index (κ2) is 13.5. The third kappa shape index (κ3) is 9.33. The van der Waals surface area contributed by atoms with Gasteiger partial charge in [-0.25, -0.2) is 4.79 Å². The van der Waals surface area contributed by atoms with Crippen LogP contribution in [0, 0.1) is 0 Å². The summed E-state index contributed by atoms with van der Waals surface area (Å²) in [5, 5.41) is 0. The number of rotatable bonds is 10. The Morgan fingerprint density at radius 2 is 1.35 bits per heavy atom. The van der Waals surface area contributed by atoms with Gasteiger partial charge in [0.25, 0.3) is 0 Å². The summed E-state index contributed by atoms with van der Waals surface area (Å²) in [6.45, 7) is 5.37. The number of methoxy groups -OCH3 is 1. The molecule has 1 fully saturated rings. The molecule has 0 aromatic carbocycles. The van der Waals surface area contributed by atoms with Gasteiger partial charge in [0.15, 0.2) is 18.3 Å². The molecule has 0 saturated carbocycles. The van der Waals surface area contributed by atoms with Crippen LogP contribution >= 0.6 is 0 Å². The van der Waals surface area contributed by atoms with E-state index in [0.29, 0.717) is 0 Å². The summed E-state index contributed by atoms with van der Waals surface area (Å²) in [6.07, 6.45) is -8.97. The van der Waals surface area contributed by atoms with Gasteiger partial charge < -0.3 is 37.9 Å². The van der Waals surface area contributed by atoms with Gasteiger partial charge >= 0.3 is 47.6 Å². The van der Waals surface area contributed by atoms with Crippen molar-refractivity contribution >= 4 is 41.8 Å². The predicted octanol–water partition coefficient (Wildman–Crippen LogP) is -0.502. The van der Waals surface area contributed by atoms with Crippen molar-refractivity contribution in [2.45, 2.75) is 84.3 Å². The lowest BCUT2D eigenvalue weighted by molar-refractivity contribution is -0.321. The van der Waals surface area contributed by atoms with Crippen LogP contribution in [-0.4, -0.2) is 91.8 Å². The normalized spacial score (nSPS) is 24.4. The molecule has 37 heavy (non-hydrogen) atoms. The maximum absolute atomic E-state index is 12.8. The van der Waals surface area contributed by atoms with Crippen molar-refractivity contribution < 1.29 is 71.5 Å². The fraction of sp³-hybridized carbons (Fsp3) is 0.682. The molecule has 6 atom stereocenters. The molecule has 1 aliphatic rings. The first-order valence-corrected chi connectivity index (χ1v) is 10.9. The van der Waals surface area contributed by atoms with E-state index in [2.05, 4.69) is 0 Å². The summed E-state index contributed by atoms with van der Waals surface area (Å²) >= 11 is 0. The van der Waals surface area contributed by atoms with E-state index in [9.17, 15) is 33.6 Å². The topological polar surface area (TPSA) is 193 Å². The van der Waals surface area contributed by atoms with E-state index in [0.717, 1.165) is 48.7 Å². The summed E-state index contributed by atoms with van der Waals surface area (Å²) in [5.41, 5.74) is 0. The Bertz CT molecular complexity index is 912. The Kier molecular flexibility index (Phi) is 11.4. The Balaban J connectivity index is 3.83. The van der Waals surface area contributed by atoms with Crippen LogP contribution in [0.3, 0.4) is 0 Å². The van der Waals surface area contributed by atoms with Crippen molar-refractivity contribution in [3.8, 4) is 0 Å². The molecule has 1 aliphatic heterocycles. The third-order valence-corrected chi connectivity index (χ3v) is 4.67. The van der Waals surface area contributed by atoms with Gasteiger partial charge in [-0.2, -0.15) is 0 Å². The number of carbonyl (C=O) groups excluding carboxylic acids is 7. The lowest BCUT2D eigenvalue weighted by Crippen LogP contribution is -2.66. The van der Waals surface area contributed by atoms with Crippen LogP contribution in [0.5, 0.6) is 0 Å². The van der Waals surface area contributed by atoms with E-state index in [-0.39, 0.29) is 0 Å². The van der Waals surface area contributed by atoms with Crippen molar-refractivity contribution in [2.24, 2.45) is 0 Å². The smallest absolute Gasteiger partial charge is 0.379 e. The van der Waals surface area contributed by atoms with Gasteiger partial charge in [-0.15, -0.1) is 0 Å². The SMILES string of the molecule is COC(=O)[C@@]1(OC(C)=O)C[C@@H](OC(C)=O)[C@H](OC(C)=O)[C@@H]([C@H](OC(C)=O)[C@H](COC(C)=O)OC(C)=O)O1. The Labute approximate surface area is 211 Å². The molecule has 15 heteroatoms. The maximum Gasteiger partial charge on any atom is 0.379 e. The molecule has 0 N–H and O–H groups in total. The molecule has 1 saturated heterocycles. The van der Waals surface area contributed by atoms with Crippen molar-refractivity contribution in [1.82, 2.24) is 0 Å². The summed E-state index contributed by atoms with van der Waals surface area (Å²) in [6, 6.07) is 0. The summed E-state index contributed by atoms with van der Waals surface area (Å²) in [4.78, 5) is 83.9. The largest absolute Gasteiger partial charge is 0.464 e. The van der Waals surface area contributed by atoms with Crippen LogP contribution in [0.1, 0.15) is 48.0 Å². The van der Waals surface area contributed by atoms with Crippen LogP contribution in [0.2, 0.25) is 0 Å². The number of ether oxygens (including phenoxy) is 8. The van der Waals surface area contributed by atoms with Gasteiger partial charge in [0.05, 0.1) is 13.5 Å². The lowest BCUT2D eigenvalue weighted by atomic mass is 9.89. The quantitative estimate of drug-likeness (QED) is 0.257. The second-order valence-electron chi connectivity index (χ2n) is 7.87. The van der Waals surface area contributed by atoms with Crippen LogP contribution in [-0.2, 0) is 71.5 Å². The van der Waals surface area contributed by atoms with Crippen LogP contribution in [0.25, 0.3) is 0 Å². The zero-order valence-corrected chi connectivity index (χ0v) is 21.4. The fourth-order valence-corrected chi connectivity index (χ4v) is 3.62. The fourth-order valence-electron chi connectivity index (χ4n) is 3.62. The Morgan fingerprint density at radius 3 is 1.78 bits per heavy atom. The van der Waals surface area contributed by atoms with Crippen LogP contribution in [0.4, 0.5) is 0 Å². The first-order chi connectivity index (χ1) is 17.1. The average molecular weight is 534 g/mol. The molecule has 0 unspecified atom stereocenters. The first kappa shape index (κ1) is 31.3. The number of esters is 7. The maximum atomic E-state index is 12.8. The molecule has 1 heterocycles. The molecular formula is C22H30O15. The van der Waals surface area contributed by atoms with Gasteiger partial charge in [-0.05, 0) is 0 Å². The van der Waals surface area contributed by atoms with Crippen LogP contribution in [0.15, 0.2) is 0 Å². The minimum atomic E-state index is -2.58. The monoisotopic (exact) mass is 534 g/mol. The minimum Gasteiger partial charge on any atom is -0.464 e. The van der Waals surface area contributed by atoms with E-state index < -0.39 is 91.1 Å². The highest BCUT2D eigenvalue weighted by Gasteiger charge is 2.61. The van der Waals surface area contributed by atoms with Crippen molar-refractivity contribution in [1.29, 1.82) is 0 Å². The molecule has 0 spiro atoms. The highest BCUT2D eigenvalue weighted by molar-refractivity contribution is 5.82. The molecule has 1 rings (SSSR count). The molecule has 0 aromatic rings. The van der Waals surface area contributed by atoms with E-state index in [1.165, 1.54) is 0 Å². The summed E-state index contributed by atoms with van der Waals surface area (Å²) < 4.78 is 41.6. The number of hydrogen-bond donors (Lipinski definition) is 0. The van der Waals surface area contributed by atoms with E-state index in [1.807, 2.05) is 0 Å². The second-order valence-corrected chi connectivity index (χ2v) is 7.87. The van der Waals surface area contributed by atoms with Crippen molar-refractivity contribution in [3.05, 3.63) is 0 Å². The third-order valence-electron chi connectivity index (χ3n) is 4.67. The number of hydrogen-bond acceptors (Lipinski definition) is 15. The highest BCUT2D eigenvalue weighted by Crippen LogP contribution is 2.38. The van der Waals surface area contributed by atoms with Crippen molar-refractivity contribution in [2.75, 3.05) is 13.7 Å². The van der Waals surface area contributed by atoms with Crippen molar-refractivity contribution in [3.63, 3.8) is 0 Å². The Hall–Kier alpha value is -3.75. The summed E-state index contributed by atoms with van der Waals surface area (Å²) in [7, 11) is 0.955. The van der Waals surface area contributed by atoms with E-state index in [1.54, 1.807) is 0 Å². The predicted molar refractivity (Wildman–Crippen MR) is 115 cm³/mol. The zero-order valence-electron chi connectivity index (χ0n) is 21.4. The first-order valence-electron chi connectivity index (χ1n) is 10.9.